The van der Waals surface area contributed by atoms with Crippen molar-refractivity contribution in [3.05, 3.63) is 48.5 Å². The molecule has 0 saturated carbocycles. The minimum Gasteiger partial charge on any atom is -0.494 e. The highest BCUT2D eigenvalue weighted by Crippen LogP contribution is 2.33. The van der Waals surface area contributed by atoms with Gasteiger partial charge in [0.2, 0.25) is 12.0 Å². The first-order valence-electron chi connectivity index (χ1n) is 9.62. The molecule has 7 heteroatoms. The van der Waals surface area contributed by atoms with Crippen LogP contribution in [0.1, 0.15) is 19.8 Å². The van der Waals surface area contributed by atoms with Gasteiger partial charge in [-0.25, -0.2) is 4.79 Å². The highest BCUT2D eigenvalue weighted by Gasteiger charge is 2.34. The molecule has 1 heterocycles. The molecule has 1 aliphatic rings. The number of fused-ring (bicyclic) bond motifs is 1. The Morgan fingerprint density at radius 2 is 1.76 bits per heavy atom. The van der Waals surface area contributed by atoms with E-state index >= 15 is 0 Å². The number of para-hydroxylation sites is 2. The molecule has 154 valence electrons. The Kier molecular flexibility index (Phi) is 6.94. The van der Waals surface area contributed by atoms with E-state index in [0.717, 1.165) is 11.5 Å². The third-order valence-electron chi connectivity index (χ3n) is 4.48. The molecule has 2 aromatic rings. The van der Waals surface area contributed by atoms with E-state index in [4.69, 9.17) is 18.9 Å². The van der Waals surface area contributed by atoms with Crippen molar-refractivity contribution in [2.45, 2.75) is 25.9 Å². The lowest BCUT2D eigenvalue weighted by molar-refractivity contribution is -0.148. The van der Waals surface area contributed by atoms with E-state index in [2.05, 4.69) is 0 Å². The fourth-order valence-electron chi connectivity index (χ4n) is 3.07. The summed E-state index contributed by atoms with van der Waals surface area (Å²) in [6.07, 6.45) is 0.00669. The van der Waals surface area contributed by atoms with Crippen LogP contribution in [-0.2, 0) is 14.3 Å². The maximum absolute atomic E-state index is 12.8. The number of benzene rings is 2. The number of hydrogen-bond acceptors (Lipinski definition) is 6. The highest BCUT2D eigenvalue weighted by atomic mass is 16.6. The number of nitrogens with zero attached hydrogens (tertiary/aromatic N) is 1. The number of carbonyl (C=O) groups is 2. The summed E-state index contributed by atoms with van der Waals surface area (Å²) in [6.45, 7) is 3.08. The number of hydrogen-bond donors (Lipinski definition) is 0. The van der Waals surface area contributed by atoms with Gasteiger partial charge in [-0.05, 0) is 49.7 Å². The van der Waals surface area contributed by atoms with Crippen molar-refractivity contribution in [2.24, 2.45) is 0 Å². The SMILES string of the molecule is CCOc1ccc(OCCCC(=O)N2CC(C(=O)OC)Oc3ccccc32)cc1. The molecule has 1 atom stereocenters. The zero-order chi connectivity index (χ0) is 20.6. The van der Waals surface area contributed by atoms with Crippen LogP contribution in [0, 0.1) is 0 Å². The predicted molar refractivity (Wildman–Crippen MR) is 108 cm³/mol. The van der Waals surface area contributed by atoms with Crippen molar-refractivity contribution in [3.8, 4) is 17.2 Å². The largest absolute Gasteiger partial charge is 0.494 e. The molecule has 1 unspecified atom stereocenters. The van der Waals surface area contributed by atoms with Crippen LogP contribution in [0.4, 0.5) is 5.69 Å². The lowest BCUT2D eigenvalue weighted by Crippen LogP contribution is -2.47. The molecule has 0 N–H and O–H groups in total. The van der Waals surface area contributed by atoms with E-state index in [1.165, 1.54) is 7.11 Å². The van der Waals surface area contributed by atoms with E-state index in [-0.39, 0.29) is 12.5 Å². The lowest BCUT2D eigenvalue weighted by atomic mass is 10.1. The van der Waals surface area contributed by atoms with E-state index in [9.17, 15) is 9.59 Å². The number of amides is 1. The number of anilines is 1. The summed E-state index contributed by atoms with van der Waals surface area (Å²) >= 11 is 0. The molecule has 0 fully saturated rings. The lowest BCUT2D eigenvalue weighted by Gasteiger charge is -2.33. The van der Waals surface area contributed by atoms with Gasteiger partial charge in [0, 0.05) is 6.42 Å². The maximum Gasteiger partial charge on any atom is 0.348 e. The zero-order valence-electron chi connectivity index (χ0n) is 16.6. The summed E-state index contributed by atoms with van der Waals surface area (Å²) in [5.41, 5.74) is 0.657. The van der Waals surface area contributed by atoms with Gasteiger partial charge in [-0.3, -0.25) is 4.79 Å². The summed E-state index contributed by atoms with van der Waals surface area (Å²) < 4.78 is 21.5. The molecule has 0 aromatic heterocycles. The fraction of sp³-hybridized carbons (Fsp3) is 0.364. The molecular formula is C22H25NO6. The van der Waals surface area contributed by atoms with Crippen LogP contribution in [0.2, 0.25) is 0 Å². The Hall–Kier alpha value is -3.22. The van der Waals surface area contributed by atoms with Crippen LogP contribution in [0.25, 0.3) is 0 Å². The molecular weight excluding hydrogens is 374 g/mol. The molecule has 3 rings (SSSR count). The molecule has 0 spiro atoms. The average molecular weight is 399 g/mol. The Bertz CT molecular complexity index is 835. The molecule has 1 aliphatic heterocycles. The van der Waals surface area contributed by atoms with Gasteiger partial charge in [-0.15, -0.1) is 0 Å². The number of carbonyl (C=O) groups excluding carboxylic acids is 2. The monoisotopic (exact) mass is 399 g/mol. The molecule has 2 aromatic carbocycles. The Morgan fingerprint density at radius 1 is 1.07 bits per heavy atom. The molecule has 0 radical (unpaired) electrons. The molecule has 7 nitrogen and oxygen atoms in total. The average Bonchev–Trinajstić information content (AvgIpc) is 2.76. The molecule has 0 bridgehead atoms. The normalized spacial score (nSPS) is 15.1. The predicted octanol–water partition coefficient (Wildman–Crippen LogP) is 3.21. The molecule has 1 amide bonds. The Labute approximate surface area is 170 Å². The summed E-state index contributed by atoms with van der Waals surface area (Å²) in [5, 5.41) is 0. The standard InChI is InChI=1S/C22H25NO6/c1-3-27-16-10-12-17(13-11-16)28-14-6-9-21(24)23-15-20(22(25)26-2)29-19-8-5-4-7-18(19)23/h4-5,7-8,10-13,20H,3,6,9,14-15H2,1-2H3. The molecule has 0 saturated heterocycles. The van der Waals surface area contributed by atoms with Crippen molar-refractivity contribution in [1.29, 1.82) is 0 Å². The van der Waals surface area contributed by atoms with E-state index in [0.29, 0.717) is 37.5 Å². The third-order valence-corrected chi connectivity index (χ3v) is 4.48. The van der Waals surface area contributed by atoms with Gasteiger partial charge >= 0.3 is 5.97 Å². The first-order chi connectivity index (χ1) is 14.1. The van der Waals surface area contributed by atoms with Crippen LogP contribution in [0.5, 0.6) is 17.2 Å². The second-order valence-electron chi connectivity index (χ2n) is 6.46. The van der Waals surface area contributed by atoms with Gasteiger partial charge in [-0.2, -0.15) is 0 Å². The molecule has 0 aliphatic carbocycles. The van der Waals surface area contributed by atoms with Crippen LogP contribution < -0.4 is 19.1 Å². The first-order valence-corrected chi connectivity index (χ1v) is 9.62. The minimum absolute atomic E-state index is 0.0926. The third kappa shape index (κ3) is 5.19. The summed E-state index contributed by atoms with van der Waals surface area (Å²) in [7, 11) is 1.30. The van der Waals surface area contributed by atoms with Gasteiger partial charge in [0.25, 0.3) is 0 Å². The summed E-state index contributed by atoms with van der Waals surface area (Å²) in [6, 6.07) is 14.5. The maximum atomic E-state index is 12.8. The number of rotatable bonds is 8. The molecule has 29 heavy (non-hydrogen) atoms. The quantitative estimate of drug-likeness (QED) is 0.501. The highest BCUT2D eigenvalue weighted by molar-refractivity contribution is 5.96. The smallest absolute Gasteiger partial charge is 0.348 e. The van der Waals surface area contributed by atoms with Gasteiger partial charge < -0.3 is 23.8 Å². The van der Waals surface area contributed by atoms with Crippen LogP contribution >= 0.6 is 0 Å². The van der Waals surface area contributed by atoms with Gasteiger partial charge in [0.15, 0.2) is 0 Å². The van der Waals surface area contributed by atoms with E-state index < -0.39 is 12.1 Å². The van der Waals surface area contributed by atoms with Crippen molar-refractivity contribution >= 4 is 17.6 Å². The van der Waals surface area contributed by atoms with Crippen LogP contribution in [-0.4, -0.2) is 44.8 Å². The number of ether oxygens (including phenoxy) is 4. The number of esters is 1. The van der Waals surface area contributed by atoms with Gasteiger partial charge in [0.1, 0.15) is 17.2 Å². The zero-order valence-corrected chi connectivity index (χ0v) is 16.6. The minimum atomic E-state index is -0.834. The van der Waals surface area contributed by atoms with Crippen molar-refractivity contribution in [3.63, 3.8) is 0 Å². The second kappa shape index (κ2) is 9.82. The van der Waals surface area contributed by atoms with Gasteiger partial charge in [-0.1, -0.05) is 12.1 Å². The number of methoxy groups -OCH3 is 1. The summed E-state index contributed by atoms with van der Waals surface area (Å²) in [4.78, 5) is 26.3. The van der Waals surface area contributed by atoms with Crippen molar-refractivity contribution in [1.82, 2.24) is 0 Å². The van der Waals surface area contributed by atoms with E-state index in [1.54, 1.807) is 23.1 Å². The topological polar surface area (TPSA) is 74.3 Å². The Balaban J connectivity index is 1.54. The van der Waals surface area contributed by atoms with Gasteiger partial charge in [0.05, 0.1) is 32.6 Å². The first kappa shape index (κ1) is 20.5. The Morgan fingerprint density at radius 3 is 2.45 bits per heavy atom. The second-order valence-corrected chi connectivity index (χ2v) is 6.46. The fourth-order valence-corrected chi connectivity index (χ4v) is 3.07. The van der Waals surface area contributed by atoms with Crippen LogP contribution in [0.3, 0.4) is 0 Å². The van der Waals surface area contributed by atoms with Crippen LogP contribution in [0.15, 0.2) is 48.5 Å². The van der Waals surface area contributed by atoms with Crippen molar-refractivity contribution < 1.29 is 28.5 Å². The van der Waals surface area contributed by atoms with Crippen molar-refractivity contribution in [2.75, 3.05) is 31.8 Å². The summed E-state index contributed by atoms with van der Waals surface area (Å²) in [5.74, 6) is 1.42. The van der Waals surface area contributed by atoms with E-state index in [1.807, 2.05) is 37.3 Å².